The van der Waals surface area contributed by atoms with Crippen LogP contribution < -0.4 is 0 Å². The molecule has 0 spiro atoms. The van der Waals surface area contributed by atoms with Crippen molar-refractivity contribution in [2.24, 2.45) is 0 Å². The van der Waals surface area contributed by atoms with Crippen molar-refractivity contribution in [3.63, 3.8) is 0 Å². The Hall–Kier alpha value is -3.59. The van der Waals surface area contributed by atoms with Gasteiger partial charge in [-0.05, 0) is 39.0 Å². The van der Waals surface area contributed by atoms with Crippen LogP contribution >= 0.6 is 0 Å². The molecule has 3 aromatic rings. The van der Waals surface area contributed by atoms with E-state index in [0.29, 0.717) is 0 Å². The van der Waals surface area contributed by atoms with E-state index in [4.69, 9.17) is 9.26 Å². The van der Waals surface area contributed by atoms with E-state index < -0.39 is 29.5 Å². The molecule has 1 heterocycles. The van der Waals surface area contributed by atoms with Crippen molar-refractivity contribution in [1.29, 1.82) is 0 Å². The number of esters is 1. The van der Waals surface area contributed by atoms with Crippen LogP contribution in [0.1, 0.15) is 49.2 Å². The normalized spacial score (nSPS) is 12.4. The van der Waals surface area contributed by atoms with Gasteiger partial charge in [-0.3, -0.25) is 4.79 Å². The van der Waals surface area contributed by atoms with Crippen LogP contribution in [0.2, 0.25) is 0 Å². The van der Waals surface area contributed by atoms with E-state index in [1.165, 1.54) is 51.1 Å². The van der Waals surface area contributed by atoms with Gasteiger partial charge < -0.3 is 19.5 Å². The molecule has 1 aromatic heterocycles. The number of carboxylic acid groups (broad SMARTS) is 1. The molecule has 8 nitrogen and oxygen atoms in total. The van der Waals surface area contributed by atoms with Crippen molar-refractivity contribution in [3.8, 4) is 22.8 Å². The Kier molecular flexibility index (Phi) is 6.16. The number of halogens is 1. The van der Waals surface area contributed by atoms with Crippen molar-refractivity contribution in [2.45, 2.75) is 38.9 Å². The Morgan fingerprint density at radius 2 is 1.84 bits per heavy atom. The van der Waals surface area contributed by atoms with Gasteiger partial charge in [-0.15, -0.1) is 0 Å². The number of carboxylic acids is 1. The number of hydrogen-bond acceptors (Lipinski definition) is 7. The van der Waals surface area contributed by atoms with E-state index in [0.717, 1.165) is 0 Å². The first-order chi connectivity index (χ1) is 14.6. The number of ether oxygens (including phenoxy) is 1. The number of carbonyl (C=O) groups excluding carboxylic acids is 1. The molecule has 2 aromatic carbocycles. The van der Waals surface area contributed by atoms with Crippen LogP contribution in [0.15, 0.2) is 47.0 Å². The van der Waals surface area contributed by atoms with Crippen LogP contribution in [0.5, 0.6) is 0 Å². The van der Waals surface area contributed by atoms with Gasteiger partial charge in [0, 0.05) is 11.1 Å². The molecule has 0 fully saturated rings. The second kappa shape index (κ2) is 8.65. The maximum absolute atomic E-state index is 14.1. The zero-order chi connectivity index (χ0) is 22.8. The number of nitrogens with zero attached hydrogens (tertiary/aromatic N) is 2. The number of rotatable bonds is 7. The number of hydrogen-bond donors (Lipinski definition) is 2. The standard InChI is InChI=1S/C22H21FN2O6/c1-12(30-17(26)11-22(2,3)29)18-14(8-6-9-15(18)21(27)28)19-24-20(31-25-19)13-7-4-5-10-16(13)23/h4-10,12,29H,11H2,1-3H3,(H,27,28). The highest BCUT2D eigenvalue weighted by atomic mass is 19.1. The smallest absolute Gasteiger partial charge is 0.336 e. The van der Waals surface area contributed by atoms with Gasteiger partial charge in [0.15, 0.2) is 0 Å². The molecule has 9 heteroatoms. The molecule has 0 amide bonds. The highest BCUT2D eigenvalue weighted by Crippen LogP contribution is 2.33. The average Bonchev–Trinajstić information content (AvgIpc) is 3.15. The summed E-state index contributed by atoms with van der Waals surface area (Å²) in [5, 5.41) is 23.3. The third-order valence-electron chi connectivity index (χ3n) is 4.40. The summed E-state index contributed by atoms with van der Waals surface area (Å²) < 4.78 is 24.6. The van der Waals surface area contributed by atoms with E-state index in [9.17, 15) is 24.2 Å². The summed E-state index contributed by atoms with van der Waals surface area (Å²) in [5.74, 6) is -2.55. The third kappa shape index (κ3) is 5.13. The Labute approximate surface area is 177 Å². The molecule has 162 valence electrons. The molecule has 1 unspecified atom stereocenters. The van der Waals surface area contributed by atoms with Crippen molar-refractivity contribution in [2.75, 3.05) is 0 Å². The molecule has 0 bridgehead atoms. The second-order valence-corrected chi connectivity index (χ2v) is 7.60. The topological polar surface area (TPSA) is 123 Å². The molecule has 0 aliphatic rings. The Balaban J connectivity index is 2.02. The van der Waals surface area contributed by atoms with Crippen LogP contribution in [-0.2, 0) is 9.53 Å². The van der Waals surface area contributed by atoms with Crippen molar-refractivity contribution in [3.05, 3.63) is 59.4 Å². The molecule has 0 radical (unpaired) electrons. The first kappa shape index (κ1) is 22.1. The first-order valence-corrected chi connectivity index (χ1v) is 9.44. The zero-order valence-corrected chi connectivity index (χ0v) is 17.1. The second-order valence-electron chi connectivity index (χ2n) is 7.60. The lowest BCUT2D eigenvalue weighted by molar-refractivity contribution is -0.153. The van der Waals surface area contributed by atoms with Crippen molar-refractivity contribution < 1.29 is 33.5 Å². The number of carbonyl (C=O) groups is 2. The molecule has 3 rings (SSSR count). The fraction of sp³-hybridized carbons (Fsp3) is 0.273. The van der Waals surface area contributed by atoms with Gasteiger partial charge in [0.05, 0.1) is 23.1 Å². The quantitative estimate of drug-likeness (QED) is 0.541. The fourth-order valence-corrected chi connectivity index (χ4v) is 3.11. The zero-order valence-electron chi connectivity index (χ0n) is 17.1. The van der Waals surface area contributed by atoms with Gasteiger partial charge in [-0.25, -0.2) is 9.18 Å². The van der Waals surface area contributed by atoms with E-state index in [2.05, 4.69) is 10.1 Å². The van der Waals surface area contributed by atoms with Crippen molar-refractivity contribution >= 4 is 11.9 Å². The maximum Gasteiger partial charge on any atom is 0.336 e. The summed E-state index contributed by atoms with van der Waals surface area (Å²) in [7, 11) is 0. The lowest BCUT2D eigenvalue weighted by Gasteiger charge is -2.21. The van der Waals surface area contributed by atoms with Crippen LogP contribution in [-0.4, -0.2) is 37.9 Å². The summed E-state index contributed by atoms with van der Waals surface area (Å²) in [6, 6.07) is 10.3. The number of aliphatic hydroxyl groups is 1. The molecule has 0 saturated carbocycles. The Bertz CT molecular complexity index is 1120. The minimum Gasteiger partial charge on any atom is -0.478 e. The fourth-order valence-electron chi connectivity index (χ4n) is 3.11. The molecular weight excluding hydrogens is 407 g/mol. The van der Waals surface area contributed by atoms with Gasteiger partial charge in [0.2, 0.25) is 5.82 Å². The molecular formula is C22H21FN2O6. The lowest BCUT2D eigenvalue weighted by Crippen LogP contribution is -2.25. The predicted molar refractivity (Wildman–Crippen MR) is 108 cm³/mol. The minimum absolute atomic E-state index is 0.0155. The predicted octanol–water partition coefficient (Wildman–Crippen LogP) is 4.01. The van der Waals surface area contributed by atoms with E-state index >= 15 is 0 Å². The van der Waals surface area contributed by atoms with Crippen molar-refractivity contribution in [1.82, 2.24) is 10.1 Å². The highest BCUT2D eigenvalue weighted by molar-refractivity contribution is 5.92. The summed E-state index contributed by atoms with van der Waals surface area (Å²) in [5.41, 5.74) is -0.885. The molecule has 0 aliphatic heterocycles. The average molecular weight is 428 g/mol. The van der Waals surface area contributed by atoms with Gasteiger partial charge in [0.25, 0.3) is 5.89 Å². The third-order valence-corrected chi connectivity index (χ3v) is 4.40. The first-order valence-electron chi connectivity index (χ1n) is 9.44. The van der Waals surface area contributed by atoms with Gasteiger partial charge in [0.1, 0.15) is 11.9 Å². The van der Waals surface area contributed by atoms with Gasteiger partial charge in [-0.1, -0.05) is 29.4 Å². The van der Waals surface area contributed by atoms with E-state index in [-0.39, 0.29) is 40.4 Å². The minimum atomic E-state index is -1.28. The number of aromatic carboxylic acids is 1. The van der Waals surface area contributed by atoms with Crippen LogP contribution in [0.4, 0.5) is 4.39 Å². The Morgan fingerprint density at radius 1 is 1.16 bits per heavy atom. The maximum atomic E-state index is 14.1. The van der Waals surface area contributed by atoms with Gasteiger partial charge in [-0.2, -0.15) is 4.98 Å². The van der Waals surface area contributed by atoms with Crippen LogP contribution in [0.25, 0.3) is 22.8 Å². The summed E-state index contributed by atoms with van der Waals surface area (Å²) in [4.78, 5) is 28.2. The van der Waals surface area contributed by atoms with Gasteiger partial charge >= 0.3 is 11.9 Å². The molecule has 2 N–H and O–H groups in total. The molecule has 0 saturated heterocycles. The highest BCUT2D eigenvalue weighted by Gasteiger charge is 2.27. The monoisotopic (exact) mass is 428 g/mol. The van der Waals surface area contributed by atoms with E-state index in [1.807, 2.05) is 0 Å². The largest absolute Gasteiger partial charge is 0.478 e. The van der Waals surface area contributed by atoms with E-state index in [1.54, 1.807) is 12.1 Å². The molecule has 1 atom stereocenters. The molecule has 31 heavy (non-hydrogen) atoms. The van der Waals surface area contributed by atoms with Crippen LogP contribution in [0, 0.1) is 5.82 Å². The summed E-state index contributed by atoms with van der Waals surface area (Å²) >= 11 is 0. The number of benzene rings is 2. The summed E-state index contributed by atoms with van der Waals surface area (Å²) in [6.07, 6.45) is -1.27. The lowest BCUT2D eigenvalue weighted by atomic mass is 9.96. The number of aromatic nitrogens is 2. The van der Waals surface area contributed by atoms with Crippen LogP contribution in [0.3, 0.4) is 0 Å². The summed E-state index contributed by atoms with van der Waals surface area (Å²) in [6.45, 7) is 4.42. The Morgan fingerprint density at radius 3 is 2.48 bits per heavy atom. The SMILES string of the molecule is CC(OC(=O)CC(C)(C)O)c1c(C(=O)O)cccc1-c1noc(-c2ccccc2F)n1. The molecule has 0 aliphatic carbocycles.